The first-order valence-electron chi connectivity index (χ1n) is 8.48. The molecular formula is C19H24N2O2S. The zero-order chi connectivity index (χ0) is 17.0. The second-order valence-electron chi connectivity index (χ2n) is 6.30. The maximum atomic E-state index is 12.4. The van der Waals surface area contributed by atoms with Crippen molar-refractivity contribution < 1.29 is 8.42 Å². The number of hydrogen-bond acceptors (Lipinski definition) is 3. The summed E-state index contributed by atoms with van der Waals surface area (Å²) in [6, 6.07) is 16.4. The van der Waals surface area contributed by atoms with Gasteiger partial charge >= 0.3 is 0 Å². The molecule has 0 aliphatic carbocycles. The summed E-state index contributed by atoms with van der Waals surface area (Å²) < 4.78 is 27.6. The normalized spacial score (nSPS) is 16.8. The molecule has 24 heavy (non-hydrogen) atoms. The molecule has 0 spiro atoms. The number of rotatable bonds is 5. The van der Waals surface area contributed by atoms with Crippen molar-refractivity contribution >= 4 is 15.7 Å². The van der Waals surface area contributed by atoms with Crippen LogP contribution in [0.3, 0.4) is 0 Å². The molecule has 4 nitrogen and oxygen atoms in total. The smallest absolute Gasteiger partial charge is 0.241 e. The Kier molecular flexibility index (Phi) is 5.21. The Morgan fingerprint density at radius 2 is 1.54 bits per heavy atom. The van der Waals surface area contributed by atoms with E-state index >= 15 is 0 Å². The van der Waals surface area contributed by atoms with Crippen molar-refractivity contribution in [2.24, 2.45) is 0 Å². The van der Waals surface area contributed by atoms with Crippen LogP contribution in [-0.2, 0) is 10.0 Å². The molecule has 1 heterocycles. The van der Waals surface area contributed by atoms with Gasteiger partial charge in [0.05, 0.1) is 4.90 Å². The van der Waals surface area contributed by atoms with Gasteiger partial charge in [0.2, 0.25) is 10.0 Å². The molecule has 1 fully saturated rings. The van der Waals surface area contributed by atoms with Crippen molar-refractivity contribution in [3.8, 4) is 0 Å². The molecule has 0 aromatic heterocycles. The first kappa shape index (κ1) is 17.0. The highest BCUT2D eigenvalue weighted by atomic mass is 32.2. The minimum absolute atomic E-state index is 0.273. The van der Waals surface area contributed by atoms with Gasteiger partial charge in [-0.2, -0.15) is 0 Å². The Bertz CT molecular complexity index is 752. The lowest BCUT2D eigenvalue weighted by molar-refractivity contribution is 0.566. The number of hydrogen-bond donors (Lipinski definition) is 1. The van der Waals surface area contributed by atoms with Gasteiger partial charge in [-0.1, -0.05) is 30.3 Å². The highest BCUT2D eigenvalue weighted by Crippen LogP contribution is 2.23. The molecule has 0 saturated carbocycles. The average Bonchev–Trinajstić information content (AvgIpc) is 2.63. The van der Waals surface area contributed by atoms with Crippen LogP contribution in [0.5, 0.6) is 0 Å². The third kappa shape index (κ3) is 3.97. The van der Waals surface area contributed by atoms with Crippen molar-refractivity contribution in [3.05, 3.63) is 60.2 Å². The third-order valence-electron chi connectivity index (χ3n) is 4.50. The molecule has 128 valence electrons. The van der Waals surface area contributed by atoms with Crippen LogP contribution in [-0.4, -0.2) is 21.5 Å². The maximum absolute atomic E-state index is 12.4. The predicted molar refractivity (Wildman–Crippen MR) is 97.7 cm³/mol. The van der Waals surface area contributed by atoms with Gasteiger partial charge in [-0.15, -0.1) is 0 Å². The number of anilines is 1. The van der Waals surface area contributed by atoms with Gasteiger partial charge in [0.15, 0.2) is 0 Å². The molecule has 1 atom stereocenters. The van der Waals surface area contributed by atoms with Crippen LogP contribution in [0.2, 0.25) is 0 Å². The molecule has 3 rings (SSSR count). The Morgan fingerprint density at radius 1 is 0.917 bits per heavy atom. The summed E-state index contributed by atoms with van der Waals surface area (Å²) in [4.78, 5) is 2.69. The molecule has 5 heteroatoms. The van der Waals surface area contributed by atoms with Crippen molar-refractivity contribution in [2.45, 2.75) is 37.1 Å². The van der Waals surface area contributed by atoms with E-state index in [0.29, 0.717) is 4.90 Å². The minimum Gasteiger partial charge on any atom is -0.372 e. The Hall–Kier alpha value is -1.85. The summed E-state index contributed by atoms with van der Waals surface area (Å²) in [5, 5.41) is 0. The second-order valence-corrected chi connectivity index (χ2v) is 8.01. The van der Waals surface area contributed by atoms with Crippen LogP contribution in [0.15, 0.2) is 59.5 Å². The Balaban J connectivity index is 1.70. The fraction of sp³-hybridized carbons (Fsp3) is 0.368. The quantitative estimate of drug-likeness (QED) is 0.899. The van der Waals surface area contributed by atoms with Crippen molar-refractivity contribution in [2.75, 3.05) is 18.0 Å². The molecule has 1 N–H and O–H groups in total. The second kappa shape index (κ2) is 7.36. The van der Waals surface area contributed by atoms with Crippen LogP contribution in [0.25, 0.3) is 0 Å². The van der Waals surface area contributed by atoms with E-state index in [4.69, 9.17) is 0 Å². The van der Waals surface area contributed by atoms with Gasteiger partial charge in [0, 0.05) is 24.8 Å². The van der Waals surface area contributed by atoms with E-state index in [0.717, 1.165) is 18.7 Å². The standard InChI is InChI=1S/C19H24N2O2S/c1-16(20-24(22,23)19-8-4-2-5-9-19)17-10-12-18(13-11-17)21-14-6-3-7-15-21/h2,4-5,8-13,16,20H,3,6-7,14-15H2,1H3/t16-/m1/s1. The van der Waals surface area contributed by atoms with Crippen LogP contribution >= 0.6 is 0 Å². The monoisotopic (exact) mass is 344 g/mol. The van der Waals surface area contributed by atoms with Crippen molar-refractivity contribution in [1.82, 2.24) is 4.72 Å². The van der Waals surface area contributed by atoms with E-state index in [1.807, 2.05) is 25.1 Å². The summed E-state index contributed by atoms with van der Waals surface area (Å²) in [5.74, 6) is 0. The SMILES string of the molecule is C[C@@H](NS(=O)(=O)c1ccccc1)c1ccc(N2CCCCC2)cc1. The van der Waals surface area contributed by atoms with Gasteiger partial charge in [-0.05, 0) is 56.0 Å². The number of nitrogens with one attached hydrogen (secondary N) is 1. The van der Waals surface area contributed by atoms with E-state index in [9.17, 15) is 8.42 Å². The average molecular weight is 344 g/mol. The van der Waals surface area contributed by atoms with Crippen LogP contribution in [0.4, 0.5) is 5.69 Å². The molecule has 1 saturated heterocycles. The first-order chi connectivity index (χ1) is 11.6. The molecule has 2 aromatic carbocycles. The fourth-order valence-electron chi connectivity index (χ4n) is 3.09. The maximum Gasteiger partial charge on any atom is 0.241 e. The molecule has 1 aliphatic heterocycles. The van der Waals surface area contributed by atoms with E-state index in [-0.39, 0.29) is 6.04 Å². The van der Waals surface area contributed by atoms with Gasteiger partial charge in [-0.25, -0.2) is 13.1 Å². The molecule has 2 aromatic rings. The van der Waals surface area contributed by atoms with E-state index in [1.54, 1.807) is 24.3 Å². The lowest BCUT2D eigenvalue weighted by Gasteiger charge is -2.29. The van der Waals surface area contributed by atoms with E-state index < -0.39 is 10.0 Å². The van der Waals surface area contributed by atoms with E-state index in [1.165, 1.54) is 24.9 Å². The summed E-state index contributed by atoms with van der Waals surface area (Å²) >= 11 is 0. The Morgan fingerprint density at radius 3 is 2.17 bits per heavy atom. The predicted octanol–water partition coefficient (Wildman–Crippen LogP) is 3.72. The van der Waals surface area contributed by atoms with Gasteiger partial charge in [-0.3, -0.25) is 0 Å². The first-order valence-corrected chi connectivity index (χ1v) is 9.97. The molecule has 0 amide bonds. The zero-order valence-corrected chi connectivity index (χ0v) is 14.8. The molecule has 1 aliphatic rings. The van der Waals surface area contributed by atoms with Crippen LogP contribution in [0.1, 0.15) is 37.8 Å². The minimum atomic E-state index is -3.50. The molecule has 0 radical (unpaired) electrons. The Labute approximate surface area is 144 Å². The van der Waals surface area contributed by atoms with E-state index in [2.05, 4.69) is 21.8 Å². The number of piperidine rings is 1. The number of sulfonamides is 1. The molecule has 0 unspecified atom stereocenters. The summed E-state index contributed by atoms with van der Waals surface area (Å²) in [6.45, 7) is 4.08. The summed E-state index contributed by atoms with van der Waals surface area (Å²) in [6.07, 6.45) is 3.80. The van der Waals surface area contributed by atoms with Crippen LogP contribution in [0, 0.1) is 0 Å². The van der Waals surface area contributed by atoms with Crippen molar-refractivity contribution in [1.29, 1.82) is 0 Å². The summed E-state index contributed by atoms with van der Waals surface area (Å²) in [7, 11) is -3.50. The third-order valence-corrected chi connectivity index (χ3v) is 6.06. The fourth-order valence-corrected chi connectivity index (χ4v) is 4.35. The van der Waals surface area contributed by atoms with Crippen LogP contribution < -0.4 is 9.62 Å². The lowest BCUT2D eigenvalue weighted by atomic mass is 10.1. The van der Waals surface area contributed by atoms with Crippen molar-refractivity contribution in [3.63, 3.8) is 0 Å². The van der Waals surface area contributed by atoms with Gasteiger partial charge < -0.3 is 4.90 Å². The zero-order valence-electron chi connectivity index (χ0n) is 14.0. The topological polar surface area (TPSA) is 49.4 Å². The highest BCUT2D eigenvalue weighted by molar-refractivity contribution is 7.89. The largest absolute Gasteiger partial charge is 0.372 e. The molecular weight excluding hydrogens is 320 g/mol. The van der Waals surface area contributed by atoms with Gasteiger partial charge in [0.25, 0.3) is 0 Å². The highest BCUT2D eigenvalue weighted by Gasteiger charge is 2.18. The molecule has 0 bridgehead atoms. The summed E-state index contributed by atoms with van der Waals surface area (Å²) in [5.41, 5.74) is 2.19. The number of nitrogens with zero attached hydrogens (tertiary/aromatic N) is 1. The lowest BCUT2D eigenvalue weighted by Crippen LogP contribution is -2.29. The van der Waals surface area contributed by atoms with Gasteiger partial charge in [0.1, 0.15) is 0 Å². The number of benzene rings is 2.